The molecule has 1 aromatic rings. The largest absolute Gasteiger partial charge is 0.477 e. The third kappa shape index (κ3) is 18.0. The van der Waals surface area contributed by atoms with Crippen molar-refractivity contribution < 1.29 is 124 Å². The number of thioether (sulfide) groups is 3. The van der Waals surface area contributed by atoms with E-state index >= 15 is 0 Å². The lowest BCUT2D eigenvalue weighted by Gasteiger charge is -2.46. The summed E-state index contributed by atoms with van der Waals surface area (Å²) in [6.07, 6.45) is 1.27. The van der Waals surface area contributed by atoms with E-state index in [-0.39, 0.29) is 122 Å². The SMILES string of the molecule is C[C@@H](O)[C@H]1C(=O)N2C(C(=O)O)=C(S[C@@H]3CN[C@H]([C@H](O)[C@@H]4CCNC4)C3)[C@H](C)[C@H]12.C[C@@H](O)[C@H]1C(=O)N2C(C(=O)O)=C(S[C@@H]3CN[C@H]([C@H](O)[C@@H]4CCNC4)C3)[C@H](C)[C@H]12.C[C@@H](O)[C@H]1C(=O)N2C(C(=O)OC(=O)c3ccc([N+](=O)[O-])cc3)=C(S[C@@H]3CN[C@H]([C@H](O)[C@@H]4CCNC4)C3)[C@H](C)[C@H]12.O=C(O)C(=O)O.O=C(O)C(=O)O. The number of hydrogen-bond acceptors (Lipinski definition) is 29. The molecule has 3 amide bonds. The molecular formula is C68H94N10O26S3. The number of rotatable bonds is 20. The summed E-state index contributed by atoms with van der Waals surface area (Å²) in [4.78, 5) is 140. The van der Waals surface area contributed by atoms with Crippen LogP contribution < -0.4 is 31.9 Å². The smallest absolute Gasteiger partial charge is 0.414 e. The van der Waals surface area contributed by atoms with Gasteiger partial charge in [0.2, 0.25) is 17.7 Å². The van der Waals surface area contributed by atoms with Gasteiger partial charge in [-0.2, -0.15) is 0 Å². The molecule has 0 unspecified atom stereocenters. The van der Waals surface area contributed by atoms with Crippen molar-refractivity contribution in [1.29, 1.82) is 0 Å². The van der Waals surface area contributed by atoms with Crippen LogP contribution >= 0.6 is 35.3 Å². The van der Waals surface area contributed by atoms with E-state index in [0.717, 1.165) is 93.3 Å². The molecule has 12 aliphatic heterocycles. The van der Waals surface area contributed by atoms with E-state index in [1.807, 2.05) is 20.8 Å². The zero-order valence-corrected chi connectivity index (χ0v) is 61.8. The van der Waals surface area contributed by atoms with Crippen LogP contribution in [0.5, 0.6) is 0 Å². The molecule has 9 saturated heterocycles. The lowest BCUT2D eigenvalue weighted by Crippen LogP contribution is -2.63. The van der Waals surface area contributed by atoms with Crippen molar-refractivity contribution in [3.63, 3.8) is 0 Å². The lowest BCUT2D eigenvalue weighted by atomic mass is 9.79. The Labute approximate surface area is 626 Å². The number of carbonyl (C=O) groups is 11. The van der Waals surface area contributed by atoms with Crippen LogP contribution in [0, 0.1) is 63.4 Å². The number of ether oxygens (including phenoxy) is 1. The number of carboxylic acid groups (broad SMARTS) is 6. The molecule has 0 aromatic heterocycles. The van der Waals surface area contributed by atoms with Gasteiger partial charge in [-0.15, -0.1) is 35.3 Å². The molecule has 107 heavy (non-hydrogen) atoms. The Bertz CT molecular complexity index is 3510. The predicted octanol–water partition coefficient (Wildman–Crippen LogP) is -1.76. The van der Waals surface area contributed by atoms with Crippen LogP contribution in [0.3, 0.4) is 0 Å². The number of amides is 3. The van der Waals surface area contributed by atoms with E-state index in [4.69, 9.17) is 44.3 Å². The van der Waals surface area contributed by atoms with Gasteiger partial charge in [-0.25, -0.2) is 38.4 Å². The van der Waals surface area contributed by atoms with Gasteiger partial charge in [-0.3, -0.25) is 24.5 Å². The van der Waals surface area contributed by atoms with Crippen LogP contribution in [0.4, 0.5) is 5.69 Å². The van der Waals surface area contributed by atoms with Crippen LogP contribution in [0.25, 0.3) is 0 Å². The number of nitrogens with zero attached hydrogens (tertiary/aromatic N) is 4. The molecule has 0 aliphatic carbocycles. The second-order valence-electron chi connectivity index (χ2n) is 28.9. The number of non-ortho nitro benzene ring substituents is 1. The topological polar surface area (TPSA) is 565 Å². The maximum absolute atomic E-state index is 13.4. The van der Waals surface area contributed by atoms with Gasteiger partial charge in [0.1, 0.15) is 17.1 Å². The van der Waals surface area contributed by atoms with Crippen LogP contribution in [0.1, 0.15) is 90.4 Å². The molecule has 13 rings (SSSR count). The van der Waals surface area contributed by atoms with E-state index in [0.29, 0.717) is 31.0 Å². The highest BCUT2D eigenvalue weighted by atomic mass is 32.2. The van der Waals surface area contributed by atoms with E-state index < -0.39 is 119 Å². The minimum atomic E-state index is -1.82. The molecule has 590 valence electrons. The fourth-order valence-corrected chi connectivity index (χ4v) is 21.1. The Kier molecular flexibility index (Phi) is 27.9. The molecule has 36 nitrogen and oxygen atoms in total. The van der Waals surface area contributed by atoms with Gasteiger partial charge in [0.15, 0.2) is 0 Å². The molecular weight excluding hydrogens is 1470 g/mol. The van der Waals surface area contributed by atoms with E-state index in [9.17, 15) is 84.5 Å². The first-order chi connectivity index (χ1) is 50.5. The Morgan fingerprint density at radius 1 is 0.467 bits per heavy atom. The van der Waals surface area contributed by atoms with Gasteiger partial charge in [-0.05, 0) is 91.1 Å². The van der Waals surface area contributed by atoms with Gasteiger partial charge in [0.25, 0.3) is 5.69 Å². The number of nitrogens with one attached hydrogen (secondary N) is 6. The summed E-state index contributed by atoms with van der Waals surface area (Å²) in [5.74, 6) is -14.0. The number of β-lactam (4-membered cyclic amide) rings is 3. The van der Waals surface area contributed by atoms with Gasteiger partial charge in [0.05, 0.1) is 83.0 Å². The third-order valence-electron chi connectivity index (χ3n) is 22.0. The fourth-order valence-electron chi connectivity index (χ4n) is 16.6. The molecule has 24 atom stereocenters. The van der Waals surface area contributed by atoms with Crippen LogP contribution in [-0.4, -0.2) is 294 Å². The molecule has 12 heterocycles. The number of carboxylic acids is 6. The highest BCUT2D eigenvalue weighted by Crippen LogP contribution is 2.55. The first-order valence-corrected chi connectivity index (χ1v) is 38.1. The van der Waals surface area contributed by atoms with Gasteiger partial charge in [-0.1, -0.05) is 20.8 Å². The average Bonchev–Trinajstić information content (AvgIpc) is 1.58. The summed E-state index contributed by atoms with van der Waals surface area (Å²) in [6.45, 7) is 17.7. The number of fused-ring (bicyclic) bond motifs is 3. The van der Waals surface area contributed by atoms with Crippen LogP contribution in [0.2, 0.25) is 0 Å². The van der Waals surface area contributed by atoms with Crippen molar-refractivity contribution in [2.24, 2.45) is 53.3 Å². The highest BCUT2D eigenvalue weighted by Gasteiger charge is 2.63. The Hall–Kier alpha value is -7.22. The number of carbonyl (C=O) groups excluding carboxylic acids is 5. The molecule has 12 aliphatic rings. The molecule has 9 fully saturated rings. The first-order valence-electron chi connectivity index (χ1n) is 35.5. The Balaban J connectivity index is 0.000000174. The number of aliphatic hydroxyl groups excluding tert-OH is 6. The minimum absolute atomic E-state index is 0.00125. The van der Waals surface area contributed by atoms with E-state index in [1.165, 1.54) is 62.1 Å². The van der Waals surface area contributed by atoms with Crippen molar-refractivity contribution in [3.05, 3.63) is 71.7 Å². The molecule has 0 bridgehead atoms. The molecule has 18 N–H and O–H groups in total. The van der Waals surface area contributed by atoms with E-state index in [1.54, 1.807) is 20.8 Å². The minimum Gasteiger partial charge on any atom is -0.477 e. The highest BCUT2D eigenvalue weighted by molar-refractivity contribution is 8.04. The Morgan fingerprint density at radius 2 is 0.757 bits per heavy atom. The monoisotopic (exact) mass is 1560 g/mol. The number of esters is 2. The van der Waals surface area contributed by atoms with Gasteiger partial charge >= 0.3 is 47.8 Å². The number of hydrogen-bond donors (Lipinski definition) is 18. The quantitative estimate of drug-likeness (QED) is 0.0172. The van der Waals surface area contributed by atoms with Gasteiger partial charge < -0.3 is 113 Å². The second-order valence-corrected chi connectivity index (χ2v) is 32.9. The first kappa shape index (κ1) is 83.8. The molecule has 39 heteroatoms. The van der Waals surface area contributed by atoms with Crippen LogP contribution in [-0.2, 0) is 52.7 Å². The summed E-state index contributed by atoms with van der Waals surface area (Å²) >= 11 is 4.48. The molecule has 0 saturated carbocycles. The predicted molar refractivity (Wildman–Crippen MR) is 380 cm³/mol. The van der Waals surface area contributed by atoms with Gasteiger partial charge in [0, 0.05) is 135 Å². The normalized spacial score (nSPS) is 33.2. The lowest BCUT2D eigenvalue weighted by molar-refractivity contribution is -0.384. The van der Waals surface area contributed by atoms with Crippen molar-refractivity contribution in [1.82, 2.24) is 46.6 Å². The molecule has 0 spiro atoms. The summed E-state index contributed by atoms with van der Waals surface area (Å²) < 4.78 is 5.15. The molecule has 1 aromatic carbocycles. The van der Waals surface area contributed by atoms with E-state index in [2.05, 4.69) is 31.9 Å². The van der Waals surface area contributed by atoms with Crippen molar-refractivity contribution in [3.8, 4) is 0 Å². The maximum atomic E-state index is 13.4. The summed E-state index contributed by atoms with van der Waals surface area (Å²) in [5, 5.41) is 143. The summed E-state index contributed by atoms with van der Waals surface area (Å²) in [5.41, 5.74) is -0.0957. The second kappa shape index (κ2) is 35.6. The summed E-state index contributed by atoms with van der Waals surface area (Å²) in [6, 6.07) is 3.63. The standard InChI is InChI=1S/C26H32N4O8S.2C19H29N3O5S.2C2H2O4/c1-12-20-19(13(2)31)24(33)29(20)21(26(35)38-25(34)14-3-5-16(6-4-14)30(36)37)23(12)39-17-9-18(28-11-17)22(32)15-7-8-27-10-15;2*1-8-14-13(9(2)23)18(25)22(14)15(19(26)27)17(8)28-11-5-12(21-7-11)16(24)10-3-4-20-6-10;2*3-1(4)2(5)6/h3-6,12-13,15,17-20,22,27-28,31-32H,7-11H2,1-2H3;2*8-14,16,20-21,23-24H,3-7H2,1-2H3,(H,26,27);2*(H,3,4)(H,5,6)/t12-,13-,15-,17+,18+,19-,20-,22-;2*8-,9-,10-,11+,12+,13-,14-,16-;;/m111../s1. The molecule has 0 radical (unpaired) electrons. The third-order valence-corrected chi connectivity index (χ3v) is 26.6. The number of aliphatic hydroxyl groups is 6. The Morgan fingerprint density at radius 3 is 1.01 bits per heavy atom. The zero-order valence-electron chi connectivity index (χ0n) is 59.4. The number of aliphatic carboxylic acids is 6. The number of benzene rings is 1. The maximum Gasteiger partial charge on any atom is 0.414 e. The van der Waals surface area contributed by atoms with Crippen molar-refractivity contribution in [2.75, 3.05) is 58.9 Å². The summed E-state index contributed by atoms with van der Waals surface area (Å²) in [7, 11) is 0. The average molecular weight is 1560 g/mol. The zero-order chi connectivity index (χ0) is 78.6. The fraction of sp³-hybridized carbons (Fsp3) is 0.662. The number of nitro benzene ring substituents is 1. The van der Waals surface area contributed by atoms with Crippen LogP contribution in [0.15, 0.2) is 56.1 Å². The van der Waals surface area contributed by atoms with Crippen molar-refractivity contribution >= 4 is 106 Å². The van der Waals surface area contributed by atoms with Crippen molar-refractivity contribution in [2.45, 2.75) is 169 Å². The number of nitro groups is 1.